The number of fused-ring (bicyclic) bond motifs is 1. The summed E-state index contributed by atoms with van der Waals surface area (Å²) in [4.78, 5) is 3.13. The minimum absolute atomic E-state index is 0.349. The van der Waals surface area contributed by atoms with E-state index in [9.17, 15) is 5.11 Å². The zero-order chi connectivity index (χ0) is 9.26. The fraction of sp³-hybridized carbons (Fsp3) is 0.200. The van der Waals surface area contributed by atoms with Crippen molar-refractivity contribution in [1.82, 2.24) is 4.98 Å². The standard InChI is InChI=1S/C10H12N2O/c11-5-4-7-6-12-8-2-1-3-9(13)10(7)8/h1-3,6,12-13H,4-5,11H2/p+1. The third kappa shape index (κ3) is 1.27. The van der Waals surface area contributed by atoms with Gasteiger partial charge in [0.15, 0.2) is 0 Å². The second kappa shape index (κ2) is 3.11. The van der Waals surface area contributed by atoms with Crippen molar-refractivity contribution in [2.45, 2.75) is 6.42 Å². The summed E-state index contributed by atoms with van der Waals surface area (Å²) in [5, 5.41) is 10.6. The van der Waals surface area contributed by atoms with Gasteiger partial charge in [-0.3, -0.25) is 0 Å². The van der Waals surface area contributed by atoms with Crippen molar-refractivity contribution in [2.24, 2.45) is 0 Å². The van der Waals surface area contributed by atoms with Crippen molar-refractivity contribution in [3.63, 3.8) is 0 Å². The van der Waals surface area contributed by atoms with E-state index in [-0.39, 0.29) is 0 Å². The number of rotatable bonds is 2. The Kier molecular flexibility index (Phi) is 1.94. The third-order valence-corrected chi connectivity index (χ3v) is 2.21. The fourth-order valence-corrected chi connectivity index (χ4v) is 1.62. The highest BCUT2D eigenvalue weighted by atomic mass is 16.3. The lowest BCUT2D eigenvalue weighted by Crippen LogP contribution is -2.51. The number of aromatic hydroxyl groups is 1. The molecule has 3 heteroatoms. The molecule has 3 nitrogen and oxygen atoms in total. The average molecular weight is 177 g/mol. The van der Waals surface area contributed by atoms with Crippen LogP contribution in [0.3, 0.4) is 0 Å². The zero-order valence-electron chi connectivity index (χ0n) is 7.38. The quantitative estimate of drug-likeness (QED) is 0.620. The van der Waals surface area contributed by atoms with Crippen LogP contribution in [0.25, 0.3) is 10.9 Å². The van der Waals surface area contributed by atoms with E-state index >= 15 is 0 Å². The summed E-state index contributed by atoms with van der Waals surface area (Å²) in [6, 6.07) is 5.51. The van der Waals surface area contributed by atoms with Crippen LogP contribution in [0.15, 0.2) is 24.4 Å². The molecule has 68 valence electrons. The summed E-state index contributed by atoms with van der Waals surface area (Å²) in [5.41, 5.74) is 5.93. The number of quaternary nitrogens is 1. The van der Waals surface area contributed by atoms with Crippen LogP contribution in [0.1, 0.15) is 5.56 Å². The molecule has 0 unspecified atom stereocenters. The third-order valence-electron chi connectivity index (χ3n) is 2.21. The van der Waals surface area contributed by atoms with Crippen molar-refractivity contribution in [3.8, 4) is 5.75 Å². The van der Waals surface area contributed by atoms with Crippen LogP contribution in [-0.2, 0) is 6.42 Å². The lowest BCUT2D eigenvalue weighted by Gasteiger charge is -1.97. The molecule has 0 amide bonds. The maximum atomic E-state index is 9.63. The Morgan fingerprint density at radius 2 is 2.23 bits per heavy atom. The molecule has 1 aromatic carbocycles. The number of nitrogens with one attached hydrogen (secondary N) is 1. The smallest absolute Gasteiger partial charge is 0.125 e. The number of hydrogen-bond donors (Lipinski definition) is 3. The van der Waals surface area contributed by atoms with E-state index in [0.717, 1.165) is 29.4 Å². The number of benzene rings is 1. The molecule has 0 aliphatic rings. The Morgan fingerprint density at radius 1 is 1.38 bits per heavy atom. The first-order chi connectivity index (χ1) is 6.33. The molecular weight excluding hydrogens is 164 g/mol. The fourth-order valence-electron chi connectivity index (χ4n) is 1.62. The summed E-state index contributed by atoms with van der Waals surface area (Å²) < 4.78 is 0. The van der Waals surface area contributed by atoms with E-state index < -0.39 is 0 Å². The van der Waals surface area contributed by atoms with Crippen molar-refractivity contribution in [2.75, 3.05) is 6.54 Å². The summed E-state index contributed by atoms with van der Waals surface area (Å²) in [6.07, 6.45) is 2.84. The van der Waals surface area contributed by atoms with Crippen molar-refractivity contribution < 1.29 is 10.8 Å². The largest absolute Gasteiger partial charge is 0.507 e. The number of phenolic OH excluding ortho intramolecular Hbond substituents is 1. The maximum absolute atomic E-state index is 9.63. The van der Waals surface area contributed by atoms with E-state index in [1.54, 1.807) is 6.07 Å². The minimum atomic E-state index is 0.349. The molecule has 13 heavy (non-hydrogen) atoms. The van der Waals surface area contributed by atoms with Gasteiger partial charge in [-0.25, -0.2) is 0 Å². The van der Waals surface area contributed by atoms with Crippen LogP contribution in [0.5, 0.6) is 5.75 Å². The van der Waals surface area contributed by atoms with Crippen LogP contribution in [0.2, 0.25) is 0 Å². The minimum Gasteiger partial charge on any atom is -0.507 e. The van der Waals surface area contributed by atoms with Gasteiger partial charge in [-0.15, -0.1) is 0 Å². The average Bonchev–Trinajstić information content (AvgIpc) is 2.51. The van der Waals surface area contributed by atoms with Gasteiger partial charge >= 0.3 is 0 Å². The Morgan fingerprint density at radius 3 is 3.00 bits per heavy atom. The van der Waals surface area contributed by atoms with Gasteiger partial charge < -0.3 is 15.8 Å². The second-order valence-corrected chi connectivity index (χ2v) is 3.12. The predicted molar refractivity (Wildman–Crippen MR) is 51.4 cm³/mol. The molecule has 0 bridgehead atoms. The van der Waals surface area contributed by atoms with Crippen molar-refractivity contribution >= 4 is 10.9 Å². The normalized spacial score (nSPS) is 10.8. The van der Waals surface area contributed by atoms with Crippen LogP contribution in [0.4, 0.5) is 0 Å². The van der Waals surface area contributed by atoms with Gasteiger partial charge in [0.2, 0.25) is 0 Å². The summed E-state index contributed by atoms with van der Waals surface area (Å²) in [6.45, 7) is 0.848. The van der Waals surface area contributed by atoms with Gasteiger partial charge in [0.05, 0.1) is 6.54 Å². The SMILES string of the molecule is [NH3+]CCc1c[nH]c2cccc(O)c12. The van der Waals surface area contributed by atoms with E-state index in [4.69, 9.17) is 0 Å². The first-order valence-corrected chi connectivity index (χ1v) is 4.40. The lowest BCUT2D eigenvalue weighted by atomic mass is 10.1. The molecule has 1 heterocycles. The lowest BCUT2D eigenvalue weighted by molar-refractivity contribution is -0.366. The maximum Gasteiger partial charge on any atom is 0.125 e. The van der Waals surface area contributed by atoms with E-state index in [2.05, 4.69) is 10.7 Å². The van der Waals surface area contributed by atoms with Crippen molar-refractivity contribution in [1.29, 1.82) is 0 Å². The molecule has 0 radical (unpaired) electrons. The predicted octanol–water partition coefficient (Wildman–Crippen LogP) is 0.658. The van der Waals surface area contributed by atoms with Gasteiger partial charge in [-0.05, 0) is 17.7 Å². The monoisotopic (exact) mass is 177 g/mol. The van der Waals surface area contributed by atoms with Crippen LogP contribution < -0.4 is 5.73 Å². The molecule has 0 fully saturated rings. The Hall–Kier alpha value is -1.48. The van der Waals surface area contributed by atoms with E-state index in [1.165, 1.54) is 0 Å². The molecular formula is C10H13N2O+. The van der Waals surface area contributed by atoms with Crippen LogP contribution in [0, 0.1) is 0 Å². The zero-order valence-corrected chi connectivity index (χ0v) is 7.38. The summed E-state index contributed by atoms with van der Waals surface area (Å²) in [7, 11) is 0. The highest BCUT2D eigenvalue weighted by molar-refractivity contribution is 5.88. The van der Waals surface area contributed by atoms with E-state index in [0.29, 0.717) is 5.75 Å². The molecule has 5 N–H and O–H groups in total. The highest BCUT2D eigenvalue weighted by Gasteiger charge is 2.06. The van der Waals surface area contributed by atoms with Gasteiger partial charge in [-0.1, -0.05) is 6.07 Å². The molecule has 0 aliphatic carbocycles. The Labute approximate surface area is 76.2 Å². The Balaban J connectivity index is 2.64. The number of aromatic amines is 1. The molecule has 0 saturated carbocycles. The van der Waals surface area contributed by atoms with E-state index in [1.807, 2.05) is 18.3 Å². The van der Waals surface area contributed by atoms with Crippen LogP contribution in [-0.4, -0.2) is 16.6 Å². The molecule has 0 saturated heterocycles. The first kappa shape index (κ1) is 8.13. The van der Waals surface area contributed by atoms with Crippen molar-refractivity contribution in [3.05, 3.63) is 30.0 Å². The number of aromatic nitrogens is 1. The Bertz CT molecular complexity index is 420. The molecule has 0 atom stereocenters. The molecule has 1 aromatic heterocycles. The topological polar surface area (TPSA) is 63.7 Å². The van der Waals surface area contributed by atoms with Gasteiger partial charge in [0.25, 0.3) is 0 Å². The summed E-state index contributed by atoms with van der Waals surface area (Å²) >= 11 is 0. The second-order valence-electron chi connectivity index (χ2n) is 3.12. The number of hydrogen-bond acceptors (Lipinski definition) is 1. The van der Waals surface area contributed by atoms with Gasteiger partial charge in [0, 0.05) is 23.5 Å². The molecule has 2 aromatic rings. The summed E-state index contributed by atoms with van der Waals surface area (Å²) in [5.74, 6) is 0.349. The number of phenols is 1. The number of H-pyrrole nitrogens is 1. The van der Waals surface area contributed by atoms with Gasteiger partial charge in [0.1, 0.15) is 5.75 Å². The highest BCUT2D eigenvalue weighted by Crippen LogP contribution is 2.27. The first-order valence-electron chi connectivity index (χ1n) is 4.40. The molecule has 0 spiro atoms. The molecule has 2 rings (SSSR count). The molecule has 0 aliphatic heterocycles. The van der Waals surface area contributed by atoms with Crippen LogP contribution >= 0.6 is 0 Å². The van der Waals surface area contributed by atoms with Gasteiger partial charge in [-0.2, -0.15) is 0 Å².